The minimum atomic E-state index is -3.37. The van der Waals surface area contributed by atoms with Crippen molar-refractivity contribution in [2.24, 2.45) is 0 Å². The highest BCUT2D eigenvalue weighted by Gasteiger charge is 2.09. The van der Waals surface area contributed by atoms with Crippen LogP contribution in [0.1, 0.15) is 16.7 Å². The van der Waals surface area contributed by atoms with E-state index in [4.69, 9.17) is 0 Å². The maximum Gasteiger partial charge on any atom is 0.199 e. The van der Waals surface area contributed by atoms with Crippen molar-refractivity contribution in [3.63, 3.8) is 0 Å². The molecule has 0 atom stereocenters. The van der Waals surface area contributed by atoms with E-state index in [1.165, 1.54) is 5.41 Å². The van der Waals surface area contributed by atoms with Gasteiger partial charge in [0.25, 0.3) is 0 Å². The van der Waals surface area contributed by atoms with Gasteiger partial charge >= 0.3 is 0 Å². The second-order valence-electron chi connectivity index (χ2n) is 4.47. The highest BCUT2D eigenvalue weighted by molar-refractivity contribution is 7.94. The summed E-state index contributed by atoms with van der Waals surface area (Å²) in [5, 5.41) is 1.28. The molecule has 0 aliphatic carbocycles. The quantitative estimate of drug-likeness (QED) is 0.852. The summed E-state index contributed by atoms with van der Waals surface area (Å²) in [5.41, 5.74) is 3.10. The van der Waals surface area contributed by atoms with E-state index < -0.39 is 9.84 Å². The van der Waals surface area contributed by atoms with E-state index >= 15 is 0 Å². The van der Waals surface area contributed by atoms with E-state index in [0.29, 0.717) is 4.90 Å². The first-order valence-corrected chi connectivity index (χ1v) is 7.60. The molecule has 0 spiro atoms. The van der Waals surface area contributed by atoms with Crippen LogP contribution in [-0.2, 0) is 9.84 Å². The standard InChI is InChI=1S/C16H16O2S/c1-13-7-6-8-14(2)16(13)11-12-19(17,18)15-9-4-3-5-10-15/h3-12H,1-2H3/b12-11+. The van der Waals surface area contributed by atoms with Crippen LogP contribution < -0.4 is 0 Å². The van der Waals surface area contributed by atoms with Gasteiger partial charge in [-0.05, 0) is 48.7 Å². The molecule has 0 saturated carbocycles. The lowest BCUT2D eigenvalue weighted by molar-refractivity contribution is 0.605. The lowest BCUT2D eigenvalue weighted by Crippen LogP contribution is -1.96. The number of hydrogen-bond donors (Lipinski definition) is 0. The summed E-state index contributed by atoms with van der Waals surface area (Å²) in [7, 11) is -3.37. The van der Waals surface area contributed by atoms with Crippen molar-refractivity contribution in [2.75, 3.05) is 0 Å². The van der Waals surface area contributed by atoms with Crippen molar-refractivity contribution in [1.29, 1.82) is 0 Å². The topological polar surface area (TPSA) is 34.1 Å². The largest absolute Gasteiger partial charge is 0.219 e. The van der Waals surface area contributed by atoms with E-state index in [0.717, 1.165) is 16.7 Å². The molecule has 0 aromatic heterocycles. The molecule has 2 nitrogen and oxygen atoms in total. The molecule has 2 rings (SSSR count). The Morgan fingerprint density at radius 2 is 1.42 bits per heavy atom. The van der Waals surface area contributed by atoms with Gasteiger partial charge in [-0.2, -0.15) is 0 Å². The molecule has 0 saturated heterocycles. The Kier molecular flexibility index (Phi) is 3.86. The molecule has 0 aliphatic rings. The van der Waals surface area contributed by atoms with Crippen LogP contribution in [0.2, 0.25) is 0 Å². The summed E-state index contributed by atoms with van der Waals surface area (Å²) < 4.78 is 24.3. The molecule has 0 fully saturated rings. The third kappa shape index (κ3) is 3.12. The fraction of sp³-hybridized carbons (Fsp3) is 0.125. The first-order chi connectivity index (χ1) is 9.00. The Balaban J connectivity index is 2.39. The minimum Gasteiger partial charge on any atom is -0.219 e. The van der Waals surface area contributed by atoms with Gasteiger partial charge in [0.2, 0.25) is 0 Å². The summed E-state index contributed by atoms with van der Waals surface area (Å²) in [5.74, 6) is 0. The lowest BCUT2D eigenvalue weighted by atomic mass is 10.0. The molecule has 19 heavy (non-hydrogen) atoms. The predicted molar refractivity (Wildman–Crippen MR) is 78.6 cm³/mol. The zero-order valence-corrected chi connectivity index (χ0v) is 11.8. The SMILES string of the molecule is Cc1cccc(C)c1/C=C/S(=O)(=O)c1ccccc1. The first kappa shape index (κ1) is 13.6. The van der Waals surface area contributed by atoms with Gasteiger partial charge in [0, 0.05) is 5.41 Å². The summed E-state index contributed by atoms with van der Waals surface area (Å²) in [6.45, 7) is 3.95. The van der Waals surface area contributed by atoms with Gasteiger partial charge in [0.05, 0.1) is 4.90 Å². The van der Waals surface area contributed by atoms with Crippen molar-refractivity contribution in [3.05, 3.63) is 70.6 Å². The van der Waals surface area contributed by atoms with Gasteiger partial charge in [-0.3, -0.25) is 0 Å². The highest BCUT2D eigenvalue weighted by atomic mass is 32.2. The molecule has 2 aromatic rings. The average Bonchev–Trinajstić information content (AvgIpc) is 2.39. The van der Waals surface area contributed by atoms with Crippen LogP contribution in [-0.4, -0.2) is 8.42 Å². The Morgan fingerprint density at radius 3 is 2.00 bits per heavy atom. The van der Waals surface area contributed by atoms with Gasteiger partial charge in [-0.1, -0.05) is 36.4 Å². The zero-order valence-electron chi connectivity index (χ0n) is 11.0. The molecule has 0 N–H and O–H groups in total. The minimum absolute atomic E-state index is 0.317. The van der Waals surface area contributed by atoms with Crippen LogP contribution >= 0.6 is 0 Å². The monoisotopic (exact) mass is 272 g/mol. The zero-order chi connectivity index (χ0) is 13.9. The maximum atomic E-state index is 12.1. The van der Waals surface area contributed by atoms with Crippen LogP contribution in [0.5, 0.6) is 0 Å². The van der Waals surface area contributed by atoms with Gasteiger partial charge in [0.1, 0.15) is 0 Å². The molecule has 0 radical (unpaired) electrons. The van der Waals surface area contributed by atoms with E-state index in [9.17, 15) is 8.42 Å². The van der Waals surface area contributed by atoms with Crippen LogP contribution in [0.4, 0.5) is 0 Å². The molecular weight excluding hydrogens is 256 g/mol. The number of sulfone groups is 1. The highest BCUT2D eigenvalue weighted by Crippen LogP contribution is 2.18. The van der Waals surface area contributed by atoms with E-state index in [2.05, 4.69) is 0 Å². The summed E-state index contributed by atoms with van der Waals surface area (Å²) in [4.78, 5) is 0.317. The molecule has 98 valence electrons. The second-order valence-corrected chi connectivity index (χ2v) is 6.30. The second kappa shape index (κ2) is 5.41. The number of aryl methyl sites for hydroxylation is 2. The smallest absolute Gasteiger partial charge is 0.199 e. The lowest BCUT2D eigenvalue weighted by Gasteiger charge is -2.04. The summed E-state index contributed by atoms with van der Waals surface area (Å²) in [6, 6.07) is 14.4. The fourth-order valence-corrected chi connectivity index (χ4v) is 2.95. The molecule has 2 aromatic carbocycles. The molecule has 0 bridgehead atoms. The van der Waals surface area contributed by atoms with Crippen molar-refractivity contribution < 1.29 is 8.42 Å². The first-order valence-electron chi connectivity index (χ1n) is 6.05. The van der Waals surface area contributed by atoms with Gasteiger partial charge < -0.3 is 0 Å². The third-order valence-corrected chi connectivity index (χ3v) is 4.45. The molecule has 0 unspecified atom stereocenters. The summed E-state index contributed by atoms with van der Waals surface area (Å²) >= 11 is 0. The number of rotatable bonds is 3. The molecular formula is C16H16O2S. The number of benzene rings is 2. The number of hydrogen-bond acceptors (Lipinski definition) is 2. The Hall–Kier alpha value is -1.87. The molecule has 0 amide bonds. The van der Waals surface area contributed by atoms with Crippen LogP contribution in [0.15, 0.2) is 58.8 Å². The van der Waals surface area contributed by atoms with E-state index in [1.54, 1.807) is 36.4 Å². The summed E-state index contributed by atoms with van der Waals surface area (Å²) in [6.07, 6.45) is 1.67. The van der Waals surface area contributed by atoms with Crippen LogP contribution in [0, 0.1) is 13.8 Å². The Bertz CT molecular complexity index is 679. The predicted octanol–water partition coefficient (Wildman–Crippen LogP) is 3.75. The van der Waals surface area contributed by atoms with Crippen molar-refractivity contribution in [1.82, 2.24) is 0 Å². The molecule has 0 aliphatic heterocycles. The van der Waals surface area contributed by atoms with E-state index in [1.807, 2.05) is 32.0 Å². The maximum absolute atomic E-state index is 12.1. The van der Waals surface area contributed by atoms with E-state index in [-0.39, 0.29) is 0 Å². The van der Waals surface area contributed by atoms with Crippen molar-refractivity contribution >= 4 is 15.9 Å². The van der Waals surface area contributed by atoms with Crippen molar-refractivity contribution in [3.8, 4) is 0 Å². The Morgan fingerprint density at radius 1 is 0.842 bits per heavy atom. The fourth-order valence-electron chi connectivity index (χ4n) is 1.94. The van der Waals surface area contributed by atoms with Gasteiger partial charge in [-0.15, -0.1) is 0 Å². The molecule has 0 heterocycles. The third-order valence-electron chi connectivity index (χ3n) is 3.03. The molecule has 3 heteroatoms. The van der Waals surface area contributed by atoms with Gasteiger partial charge in [0.15, 0.2) is 9.84 Å². The van der Waals surface area contributed by atoms with Gasteiger partial charge in [-0.25, -0.2) is 8.42 Å². The normalized spacial score (nSPS) is 11.9. The van der Waals surface area contributed by atoms with Crippen molar-refractivity contribution in [2.45, 2.75) is 18.7 Å². The van der Waals surface area contributed by atoms with Crippen LogP contribution in [0.3, 0.4) is 0 Å². The Labute approximate surface area is 114 Å². The average molecular weight is 272 g/mol. The van der Waals surface area contributed by atoms with Crippen LogP contribution in [0.25, 0.3) is 6.08 Å².